The Morgan fingerprint density at radius 3 is 2.86 bits per heavy atom. The van der Waals surface area contributed by atoms with Crippen molar-refractivity contribution in [2.75, 3.05) is 30.9 Å². The van der Waals surface area contributed by atoms with Crippen LogP contribution in [0.3, 0.4) is 0 Å². The zero-order valence-corrected chi connectivity index (χ0v) is 20.1. The number of rotatable bonds is 7. The molecule has 2 amide bonds. The number of aliphatic hydroxyl groups excluding tert-OH is 1. The Morgan fingerprint density at radius 2 is 2.14 bits per heavy atom. The summed E-state index contributed by atoms with van der Waals surface area (Å²) in [7, 11) is 1.58. The summed E-state index contributed by atoms with van der Waals surface area (Å²) in [5, 5.41) is 11.5. The van der Waals surface area contributed by atoms with Gasteiger partial charge in [-0.25, -0.2) is 4.98 Å². The molecule has 0 atom stereocenters. The molecule has 5 N–H and O–H groups in total. The number of aromatic nitrogens is 4. The number of nitrogens with one attached hydrogen (secondary N) is 2. The smallest absolute Gasteiger partial charge is 0.260 e. The second-order valence-corrected chi connectivity index (χ2v) is 8.25. The number of amides is 2. The first-order valence-electron chi connectivity index (χ1n) is 10.7. The maximum atomic E-state index is 13.6. The number of nitrogen functional groups attached to an aromatic ring is 1. The van der Waals surface area contributed by atoms with E-state index < -0.39 is 0 Å². The number of carbonyl (C=O) groups is 2. The Bertz CT molecular complexity index is 1350. The summed E-state index contributed by atoms with van der Waals surface area (Å²) < 4.78 is 5.49. The number of anilines is 2. The van der Waals surface area contributed by atoms with Gasteiger partial charge in [0, 0.05) is 35.8 Å². The molecule has 12 heteroatoms. The van der Waals surface area contributed by atoms with Crippen LogP contribution < -0.4 is 20.7 Å². The van der Waals surface area contributed by atoms with Gasteiger partial charge in [0.1, 0.15) is 10.9 Å². The minimum Gasteiger partial charge on any atom is -0.496 e. The number of pyridine rings is 1. The molecular weight excluding hydrogens is 474 g/mol. The standard InChI is InChI=1S/C23H24ClN7O4/c1-11-8-28-16(12(2)18(11)35-3)10-31-20-17(19(24)29-23(25)30-20)15(22(31)34)7-14-6-13(9-27-14)21(33)26-4-5-32/h6-9,27,32H,4-5,10H2,1-3H3,(H,26,33)(H2,25,29,30). The van der Waals surface area contributed by atoms with Gasteiger partial charge in [-0.1, -0.05) is 11.6 Å². The highest BCUT2D eigenvalue weighted by molar-refractivity contribution is 6.41. The molecule has 0 aromatic carbocycles. The average Bonchev–Trinajstić information content (AvgIpc) is 3.38. The molecule has 0 saturated heterocycles. The highest BCUT2D eigenvalue weighted by Crippen LogP contribution is 2.41. The van der Waals surface area contributed by atoms with Crippen molar-refractivity contribution < 1.29 is 19.4 Å². The third kappa shape index (κ3) is 4.55. The summed E-state index contributed by atoms with van der Waals surface area (Å²) in [5.41, 5.74) is 9.56. The lowest BCUT2D eigenvalue weighted by Crippen LogP contribution is -2.27. The summed E-state index contributed by atoms with van der Waals surface area (Å²) in [4.78, 5) is 42.9. The Hall–Kier alpha value is -3.96. The molecule has 0 saturated carbocycles. The highest BCUT2D eigenvalue weighted by Gasteiger charge is 2.37. The van der Waals surface area contributed by atoms with Crippen LogP contribution in [0.1, 0.15) is 38.4 Å². The number of nitrogens with zero attached hydrogens (tertiary/aromatic N) is 4. The number of aliphatic hydroxyl groups is 1. The molecule has 0 unspecified atom stereocenters. The minimum atomic E-state index is -0.372. The molecule has 1 aliphatic rings. The first kappa shape index (κ1) is 24.2. The maximum absolute atomic E-state index is 13.6. The molecule has 0 spiro atoms. The number of halogens is 1. The van der Waals surface area contributed by atoms with E-state index in [4.69, 9.17) is 27.2 Å². The van der Waals surface area contributed by atoms with E-state index in [1.165, 1.54) is 11.1 Å². The quantitative estimate of drug-likeness (QED) is 0.284. The fraction of sp³-hybridized carbons (Fsp3) is 0.261. The van der Waals surface area contributed by atoms with Crippen molar-refractivity contribution in [3.05, 3.63) is 57.3 Å². The van der Waals surface area contributed by atoms with Crippen molar-refractivity contribution in [2.45, 2.75) is 20.4 Å². The zero-order valence-electron chi connectivity index (χ0n) is 19.3. The van der Waals surface area contributed by atoms with Crippen LogP contribution >= 0.6 is 11.6 Å². The molecule has 11 nitrogen and oxygen atoms in total. The van der Waals surface area contributed by atoms with Crippen LogP contribution in [0, 0.1) is 13.8 Å². The molecule has 3 aromatic heterocycles. The second-order valence-electron chi connectivity index (χ2n) is 7.89. The Labute approximate surface area is 206 Å². The first-order valence-corrected chi connectivity index (χ1v) is 11.1. The molecule has 182 valence electrons. The van der Waals surface area contributed by atoms with Gasteiger partial charge in [0.05, 0.1) is 42.7 Å². The number of ether oxygens (including phenoxy) is 1. The van der Waals surface area contributed by atoms with E-state index in [9.17, 15) is 9.59 Å². The number of carbonyl (C=O) groups excluding carboxylic acids is 2. The van der Waals surface area contributed by atoms with Gasteiger partial charge in [-0.2, -0.15) is 4.98 Å². The van der Waals surface area contributed by atoms with Gasteiger partial charge in [-0.05, 0) is 26.0 Å². The van der Waals surface area contributed by atoms with Crippen molar-refractivity contribution in [2.24, 2.45) is 0 Å². The number of aryl methyl sites for hydroxylation is 1. The SMILES string of the molecule is COc1c(C)cnc(CN2C(=O)C(=Cc3cc(C(=O)NCCO)c[nH]3)c3c(Cl)nc(N)nc32)c1C. The largest absolute Gasteiger partial charge is 0.496 e. The van der Waals surface area contributed by atoms with Crippen LogP contribution in [0.25, 0.3) is 11.6 Å². The Kier molecular flexibility index (Phi) is 6.72. The van der Waals surface area contributed by atoms with Crippen molar-refractivity contribution in [3.63, 3.8) is 0 Å². The predicted octanol–water partition coefficient (Wildman–Crippen LogP) is 1.87. The lowest BCUT2D eigenvalue weighted by atomic mass is 10.1. The second kappa shape index (κ2) is 9.72. The third-order valence-electron chi connectivity index (χ3n) is 5.59. The molecule has 0 bridgehead atoms. The third-order valence-corrected chi connectivity index (χ3v) is 5.86. The van der Waals surface area contributed by atoms with Crippen molar-refractivity contribution >= 4 is 46.8 Å². The van der Waals surface area contributed by atoms with E-state index in [0.29, 0.717) is 28.3 Å². The molecule has 0 fully saturated rings. The maximum Gasteiger partial charge on any atom is 0.260 e. The summed E-state index contributed by atoms with van der Waals surface area (Å²) in [6.07, 6.45) is 4.76. The summed E-state index contributed by atoms with van der Waals surface area (Å²) in [6, 6.07) is 1.58. The van der Waals surface area contributed by atoms with Crippen LogP contribution in [0.5, 0.6) is 5.75 Å². The fourth-order valence-electron chi connectivity index (χ4n) is 3.93. The molecule has 35 heavy (non-hydrogen) atoms. The number of hydrogen-bond acceptors (Lipinski definition) is 8. The van der Waals surface area contributed by atoms with Crippen LogP contribution in [0.15, 0.2) is 18.5 Å². The van der Waals surface area contributed by atoms with Crippen molar-refractivity contribution in [3.8, 4) is 5.75 Å². The lowest BCUT2D eigenvalue weighted by molar-refractivity contribution is -0.113. The molecule has 0 aliphatic carbocycles. The van der Waals surface area contributed by atoms with Gasteiger partial charge >= 0.3 is 0 Å². The minimum absolute atomic E-state index is 0.0354. The van der Waals surface area contributed by atoms with Gasteiger partial charge in [-0.15, -0.1) is 0 Å². The molecule has 0 radical (unpaired) electrons. The van der Waals surface area contributed by atoms with E-state index >= 15 is 0 Å². The van der Waals surface area contributed by atoms with E-state index in [0.717, 1.165) is 11.1 Å². The van der Waals surface area contributed by atoms with E-state index in [-0.39, 0.29) is 54.0 Å². The van der Waals surface area contributed by atoms with E-state index in [1.54, 1.807) is 25.4 Å². The number of hydrogen-bond donors (Lipinski definition) is 4. The first-order chi connectivity index (χ1) is 16.7. The molecule has 1 aliphatic heterocycles. The van der Waals surface area contributed by atoms with Gasteiger partial charge in [0.25, 0.3) is 11.8 Å². The number of aromatic amines is 1. The van der Waals surface area contributed by atoms with Crippen LogP contribution in [0.2, 0.25) is 5.15 Å². The number of nitrogens with two attached hydrogens (primary N) is 1. The van der Waals surface area contributed by atoms with Gasteiger partial charge in [0.2, 0.25) is 5.95 Å². The molecule has 4 heterocycles. The number of fused-ring (bicyclic) bond motifs is 1. The molecule has 3 aromatic rings. The summed E-state index contributed by atoms with van der Waals surface area (Å²) in [6.45, 7) is 3.83. The number of methoxy groups -OCH3 is 1. The van der Waals surface area contributed by atoms with Crippen molar-refractivity contribution in [1.82, 2.24) is 25.3 Å². The van der Waals surface area contributed by atoms with Crippen LogP contribution in [-0.4, -0.2) is 57.1 Å². The summed E-state index contributed by atoms with van der Waals surface area (Å²) in [5.74, 6) is 0.164. The lowest BCUT2D eigenvalue weighted by Gasteiger charge is -2.19. The molecular formula is C23H24ClN7O4. The number of H-pyrrole nitrogens is 1. The molecule has 4 rings (SSSR count). The topological polar surface area (TPSA) is 159 Å². The summed E-state index contributed by atoms with van der Waals surface area (Å²) >= 11 is 6.40. The van der Waals surface area contributed by atoms with Gasteiger partial charge in [-0.3, -0.25) is 19.5 Å². The Morgan fingerprint density at radius 1 is 1.37 bits per heavy atom. The predicted molar refractivity (Wildman–Crippen MR) is 131 cm³/mol. The van der Waals surface area contributed by atoms with Gasteiger partial charge in [0.15, 0.2) is 5.82 Å². The highest BCUT2D eigenvalue weighted by atomic mass is 35.5. The zero-order chi connectivity index (χ0) is 25.3. The normalized spacial score (nSPS) is 13.9. The van der Waals surface area contributed by atoms with Crippen LogP contribution in [0.4, 0.5) is 11.8 Å². The van der Waals surface area contributed by atoms with Gasteiger partial charge < -0.3 is 25.9 Å². The van der Waals surface area contributed by atoms with E-state index in [2.05, 4.69) is 25.3 Å². The average molecular weight is 498 g/mol. The van der Waals surface area contributed by atoms with E-state index in [1.807, 2.05) is 13.8 Å². The monoisotopic (exact) mass is 497 g/mol. The Balaban J connectivity index is 1.74. The van der Waals surface area contributed by atoms with Crippen molar-refractivity contribution in [1.29, 1.82) is 0 Å². The van der Waals surface area contributed by atoms with Crippen LogP contribution in [-0.2, 0) is 11.3 Å². The fourth-order valence-corrected chi connectivity index (χ4v) is 4.20.